The van der Waals surface area contributed by atoms with E-state index in [9.17, 15) is 8.42 Å². The molecule has 8 heteroatoms. The Balaban J connectivity index is 1.77. The van der Waals surface area contributed by atoms with Crippen LogP contribution in [0.25, 0.3) is 5.82 Å². The molecule has 0 unspecified atom stereocenters. The maximum atomic E-state index is 12.5. The molecule has 130 valence electrons. The van der Waals surface area contributed by atoms with E-state index in [1.807, 2.05) is 12.1 Å². The first-order valence-corrected chi connectivity index (χ1v) is 9.46. The van der Waals surface area contributed by atoms with E-state index in [2.05, 4.69) is 26.7 Å². The van der Waals surface area contributed by atoms with Gasteiger partial charge in [0, 0.05) is 18.3 Å². The Morgan fingerprint density at radius 1 is 1.16 bits per heavy atom. The molecule has 0 spiro atoms. The van der Waals surface area contributed by atoms with Crippen molar-refractivity contribution in [3.8, 4) is 5.82 Å². The van der Waals surface area contributed by atoms with Gasteiger partial charge in [-0.05, 0) is 30.2 Å². The Morgan fingerprint density at radius 2 is 1.96 bits per heavy atom. The largest absolute Gasteiger partial charge is 0.240 e. The summed E-state index contributed by atoms with van der Waals surface area (Å²) < 4.78 is 29.1. The van der Waals surface area contributed by atoms with Crippen LogP contribution in [-0.4, -0.2) is 28.2 Å². The number of nitrogens with zero attached hydrogens (tertiary/aromatic N) is 4. The van der Waals surface area contributed by atoms with E-state index >= 15 is 0 Å². The quantitative estimate of drug-likeness (QED) is 0.699. The zero-order chi connectivity index (χ0) is 17.7. The summed E-state index contributed by atoms with van der Waals surface area (Å²) in [6.45, 7) is 2.20. The van der Waals surface area contributed by atoms with Crippen LogP contribution in [0.3, 0.4) is 0 Å². The van der Waals surface area contributed by atoms with Gasteiger partial charge in [-0.25, -0.2) is 27.8 Å². The van der Waals surface area contributed by atoms with E-state index < -0.39 is 10.0 Å². The summed E-state index contributed by atoms with van der Waals surface area (Å²) in [6, 6.07) is 10.5. The third-order valence-corrected chi connectivity index (χ3v) is 5.15. The molecule has 0 amide bonds. The zero-order valence-electron chi connectivity index (χ0n) is 13.8. The lowest BCUT2D eigenvalue weighted by Gasteiger charge is -2.10. The predicted octanol–water partition coefficient (Wildman–Crippen LogP) is 2.09. The van der Waals surface area contributed by atoms with Gasteiger partial charge in [-0.15, -0.1) is 0 Å². The number of hydrogen-bond acceptors (Lipinski definition) is 5. The van der Waals surface area contributed by atoms with E-state index in [-0.39, 0.29) is 11.4 Å². The molecule has 3 aromatic rings. The van der Waals surface area contributed by atoms with Gasteiger partial charge in [0.1, 0.15) is 12.7 Å². The highest BCUT2D eigenvalue weighted by Gasteiger charge is 2.15. The Hall–Kier alpha value is -2.58. The molecule has 1 aromatic carbocycles. The van der Waals surface area contributed by atoms with E-state index in [4.69, 9.17) is 0 Å². The summed E-state index contributed by atoms with van der Waals surface area (Å²) in [5.41, 5.74) is 1.83. The number of rotatable bonds is 7. The van der Waals surface area contributed by atoms with Crippen molar-refractivity contribution >= 4 is 10.0 Å². The maximum Gasteiger partial charge on any atom is 0.240 e. The number of aromatic nitrogens is 4. The third kappa shape index (κ3) is 4.09. The van der Waals surface area contributed by atoms with Gasteiger partial charge in [0.25, 0.3) is 0 Å². The lowest BCUT2D eigenvalue weighted by molar-refractivity contribution is 0.581. The van der Waals surface area contributed by atoms with Gasteiger partial charge < -0.3 is 0 Å². The molecule has 25 heavy (non-hydrogen) atoms. The first kappa shape index (κ1) is 17.2. The molecule has 0 fully saturated rings. The summed E-state index contributed by atoms with van der Waals surface area (Å²) in [7, 11) is -3.60. The van der Waals surface area contributed by atoms with Crippen LogP contribution in [0, 0.1) is 0 Å². The van der Waals surface area contributed by atoms with E-state index in [1.54, 1.807) is 30.5 Å². The average molecular weight is 357 g/mol. The van der Waals surface area contributed by atoms with E-state index in [0.717, 1.165) is 18.4 Å². The van der Waals surface area contributed by atoms with Crippen molar-refractivity contribution in [3.63, 3.8) is 0 Å². The Morgan fingerprint density at radius 3 is 2.64 bits per heavy atom. The number of benzene rings is 1. The topological polar surface area (TPSA) is 89.8 Å². The number of hydrogen-bond donors (Lipinski definition) is 1. The fraction of sp³-hybridized carbons (Fsp3) is 0.235. The van der Waals surface area contributed by atoms with Crippen molar-refractivity contribution in [1.29, 1.82) is 0 Å². The molecule has 0 aliphatic rings. The second kappa shape index (κ2) is 7.54. The van der Waals surface area contributed by atoms with E-state index in [0.29, 0.717) is 11.4 Å². The molecule has 0 aliphatic carbocycles. The Labute approximate surface area is 146 Å². The van der Waals surface area contributed by atoms with Gasteiger partial charge >= 0.3 is 0 Å². The highest BCUT2D eigenvalue weighted by Crippen LogP contribution is 2.14. The zero-order valence-corrected chi connectivity index (χ0v) is 14.6. The maximum absolute atomic E-state index is 12.5. The predicted molar refractivity (Wildman–Crippen MR) is 93.6 cm³/mol. The molecular formula is C17H19N5O2S. The fourth-order valence-electron chi connectivity index (χ4n) is 2.47. The fourth-order valence-corrected chi connectivity index (χ4v) is 3.48. The smallest absolute Gasteiger partial charge is 0.237 e. The standard InChI is InChI=1S/C17H19N5O2S/c1-2-4-14-6-8-16(9-7-14)25(23,24)21-11-15-5-3-10-19-17(15)22-13-18-12-20-22/h3,5-10,12-13,21H,2,4,11H2,1H3. The van der Waals surface area contributed by atoms with Crippen molar-refractivity contribution in [3.05, 3.63) is 66.4 Å². The van der Waals surface area contributed by atoms with Crippen molar-refractivity contribution < 1.29 is 8.42 Å². The molecule has 1 N–H and O–H groups in total. The summed E-state index contributed by atoms with van der Waals surface area (Å²) in [6.07, 6.45) is 6.51. The summed E-state index contributed by atoms with van der Waals surface area (Å²) in [5, 5.41) is 4.04. The van der Waals surface area contributed by atoms with Gasteiger partial charge in [-0.1, -0.05) is 31.5 Å². The first-order chi connectivity index (χ1) is 12.1. The molecule has 2 heterocycles. The van der Waals surface area contributed by atoms with Crippen molar-refractivity contribution in [2.45, 2.75) is 31.2 Å². The first-order valence-electron chi connectivity index (χ1n) is 7.97. The number of sulfonamides is 1. The van der Waals surface area contributed by atoms with Crippen LogP contribution < -0.4 is 4.72 Å². The third-order valence-electron chi connectivity index (χ3n) is 3.73. The molecule has 0 saturated carbocycles. The van der Waals surface area contributed by atoms with Crippen LogP contribution >= 0.6 is 0 Å². The minimum absolute atomic E-state index is 0.113. The molecule has 0 saturated heterocycles. The van der Waals surface area contributed by atoms with Gasteiger partial charge in [0.15, 0.2) is 5.82 Å². The summed E-state index contributed by atoms with van der Waals surface area (Å²) in [5.74, 6) is 0.543. The SMILES string of the molecule is CCCc1ccc(S(=O)(=O)NCc2cccnc2-n2cncn2)cc1. The monoisotopic (exact) mass is 357 g/mol. The second-order valence-electron chi connectivity index (χ2n) is 5.54. The lowest BCUT2D eigenvalue weighted by Crippen LogP contribution is -2.24. The minimum Gasteiger partial charge on any atom is -0.237 e. The number of pyridine rings is 1. The minimum atomic E-state index is -3.60. The van der Waals surface area contributed by atoms with Crippen molar-refractivity contribution in [2.24, 2.45) is 0 Å². The Bertz CT molecular complexity index is 922. The van der Waals surface area contributed by atoms with Crippen molar-refractivity contribution in [1.82, 2.24) is 24.5 Å². The normalized spacial score (nSPS) is 11.6. The average Bonchev–Trinajstić information content (AvgIpc) is 3.16. The van der Waals surface area contributed by atoms with Crippen LogP contribution in [0.15, 0.2) is 60.1 Å². The van der Waals surface area contributed by atoms with Crippen LogP contribution in [0.1, 0.15) is 24.5 Å². The van der Waals surface area contributed by atoms with Crippen LogP contribution in [0.2, 0.25) is 0 Å². The highest BCUT2D eigenvalue weighted by molar-refractivity contribution is 7.89. The van der Waals surface area contributed by atoms with E-state index in [1.165, 1.54) is 17.3 Å². The molecule has 2 aromatic heterocycles. The summed E-state index contributed by atoms with van der Waals surface area (Å²) in [4.78, 5) is 8.39. The van der Waals surface area contributed by atoms with Gasteiger partial charge in [0.2, 0.25) is 10.0 Å². The molecule has 0 radical (unpaired) electrons. The number of nitrogens with one attached hydrogen (secondary N) is 1. The van der Waals surface area contributed by atoms with Crippen LogP contribution in [0.4, 0.5) is 0 Å². The molecule has 0 aliphatic heterocycles. The van der Waals surface area contributed by atoms with Crippen LogP contribution in [-0.2, 0) is 23.0 Å². The van der Waals surface area contributed by atoms with Gasteiger partial charge in [-0.3, -0.25) is 0 Å². The van der Waals surface area contributed by atoms with Gasteiger partial charge in [-0.2, -0.15) is 5.10 Å². The molecular weight excluding hydrogens is 338 g/mol. The molecule has 3 rings (SSSR count). The lowest BCUT2D eigenvalue weighted by atomic mass is 10.1. The molecule has 0 bridgehead atoms. The highest BCUT2D eigenvalue weighted by atomic mass is 32.2. The summed E-state index contributed by atoms with van der Waals surface area (Å²) >= 11 is 0. The van der Waals surface area contributed by atoms with Gasteiger partial charge in [0.05, 0.1) is 4.90 Å². The molecule has 0 atom stereocenters. The second-order valence-corrected chi connectivity index (χ2v) is 7.31. The number of aryl methyl sites for hydroxylation is 1. The van der Waals surface area contributed by atoms with Crippen molar-refractivity contribution in [2.75, 3.05) is 0 Å². The molecule has 7 nitrogen and oxygen atoms in total. The Kier molecular flexibility index (Phi) is 5.20. The van der Waals surface area contributed by atoms with Crippen LogP contribution in [0.5, 0.6) is 0 Å².